The SMILES string of the molecule is O=C(NCc1nc(-c2ccccc2Cl)no1)c1cccc([N+](=O)[O-])c1. The van der Waals surface area contributed by atoms with E-state index in [0.717, 1.165) is 0 Å². The summed E-state index contributed by atoms with van der Waals surface area (Å²) in [5.41, 5.74) is 0.621. The van der Waals surface area contributed by atoms with E-state index in [0.29, 0.717) is 16.4 Å². The van der Waals surface area contributed by atoms with Crippen molar-refractivity contribution in [2.24, 2.45) is 0 Å². The van der Waals surface area contributed by atoms with Gasteiger partial charge >= 0.3 is 0 Å². The van der Waals surface area contributed by atoms with Crippen molar-refractivity contribution in [3.8, 4) is 11.4 Å². The second kappa shape index (κ2) is 7.10. The van der Waals surface area contributed by atoms with Crippen molar-refractivity contribution in [2.45, 2.75) is 6.54 Å². The summed E-state index contributed by atoms with van der Waals surface area (Å²) in [5.74, 6) is 0.0140. The summed E-state index contributed by atoms with van der Waals surface area (Å²) in [5, 5.41) is 17.6. The van der Waals surface area contributed by atoms with E-state index in [-0.39, 0.29) is 23.7 Å². The van der Waals surface area contributed by atoms with Crippen LogP contribution in [0.5, 0.6) is 0 Å². The minimum absolute atomic E-state index is 0.0149. The molecule has 9 heteroatoms. The molecule has 0 spiro atoms. The van der Waals surface area contributed by atoms with Crippen molar-refractivity contribution in [3.63, 3.8) is 0 Å². The smallest absolute Gasteiger partial charge is 0.270 e. The van der Waals surface area contributed by atoms with Crippen LogP contribution in [0.15, 0.2) is 53.1 Å². The molecule has 126 valence electrons. The number of hydrogen-bond donors (Lipinski definition) is 1. The highest BCUT2D eigenvalue weighted by atomic mass is 35.5. The Labute approximate surface area is 146 Å². The number of rotatable bonds is 5. The fourth-order valence-corrected chi connectivity index (χ4v) is 2.32. The fourth-order valence-electron chi connectivity index (χ4n) is 2.10. The number of benzene rings is 2. The summed E-state index contributed by atoms with van der Waals surface area (Å²) in [6.45, 7) is -0.0149. The summed E-state index contributed by atoms with van der Waals surface area (Å²) in [6.07, 6.45) is 0. The Morgan fingerprint density at radius 2 is 2.04 bits per heavy atom. The molecule has 3 aromatic rings. The van der Waals surface area contributed by atoms with Crippen LogP contribution in [0.2, 0.25) is 5.02 Å². The van der Waals surface area contributed by atoms with E-state index in [1.54, 1.807) is 24.3 Å². The molecule has 0 unspecified atom stereocenters. The molecule has 25 heavy (non-hydrogen) atoms. The number of amides is 1. The standard InChI is InChI=1S/C16H11ClN4O4/c17-13-7-2-1-6-12(13)15-19-14(25-20-15)9-18-16(22)10-4-3-5-11(8-10)21(23)24/h1-8H,9H2,(H,18,22). The number of non-ortho nitro benzene ring substituents is 1. The molecule has 0 saturated heterocycles. The zero-order valence-electron chi connectivity index (χ0n) is 12.7. The molecule has 0 aliphatic heterocycles. The number of nitrogens with zero attached hydrogens (tertiary/aromatic N) is 3. The van der Waals surface area contributed by atoms with E-state index in [9.17, 15) is 14.9 Å². The van der Waals surface area contributed by atoms with E-state index in [4.69, 9.17) is 16.1 Å². The maximum atomic E-state index is 12.1. The van der Waals surface area contributed by atoms with Gasteiger partial charge in [-0.05, 0) is 18.2 Å². The summed E-state index contributed by atoms with van der Waals surface area (Å²) in [7, 11) is 0. The van der Waals surface area contributed by atoms with Gasteiger partial charge in [0.1, 0.15) is 0 Å². The minimum atomic E-state index is -0.565. The molecule has 0 saturated carbocycles. The average Bonchev–Trinajstić information content (AvgIpc) is 3.09. The highest BCUT2D eigenvalue weighted by molar-refractivity contribution is 6.33. The number of nitro groups is 1. The van der Waals surface area contributed by atoms with E-state index < -0.39 is 10.8 Å². The van der Waals surface area contributed by atoms with Gasteiger partial charge in [-0.2, -0.15) is 4.98 Å². The maximum absolute atomic E-state index is 12.1. The quantitative estimate of drug-likeness (QED) is 0.553. The Morgan fingerprint density at radius 1 is 1.24 bits per heavy atom. The molecule has 1 N–H and O–H groups in total. The fraction of sp³-hybridized carbons (Fsp3) is 0.0625. The molecule has 8 nitrogen and oxygen atoms in total. The molecular formula is C16H11ClN4O4. The third-order valence-corrected chi connectivity index (χ3v) is 3.63. The molecule has 1 heterocycles. The molecule has 0 radical (unpaired) electrons. The van der Waals surface area contributed by atoms with Crippen LogP contribution in [0, 0.1) is 10.1 Å². The molecule has 0 aliphatic rings. The van der Waals surface area contributed by atoms with Crippen LogP contribution >= 0.6 is 11.6 Å². The third-order valence-electron chi connectivity index (χ3n) is 3.30. The second-order valence-corrected chi connectivity index (χ2v) is 5.39. The number of nitro benzene ring substituents is 1. The Hall–Kier alpha value is -3.26. The summed E-state index contributed by atoms with van der Waals surface area (Å²) in [4.78, 5) is 26.4. The van der Waals surface area contributed by atoms with E-state index in [1.807, 2.05) is 0 Å². The number of halogens is 1. The lowest BCUT2D eigenvalue weighted by molar-refractivity contribution is -0.384. The normalized spacial score (nSPS) is 10.4. The van der Waals surface area contributed by atoms with Crippen LogP contribution in [0.25, 0.3) is 11.4 Å². The highest BCUT2D eigenvalue weighted by Gasteiger charge is 2.14. The van der Waals surface area contributed by atoms with Crippen LogP contribution < -0.4 is 5.32 Å². The molecule has 0 atom stereocenters. The zero-order chi connectivity index (χ0) is 17.8. The minimum Gasteiger partial charge on any atom is -0.343 e. The topological polar surface area (TPSA) is 111 Å². The highest BCUT2D eigenvalue weighted by Crippen LogP contribution is 2.24. The van der Waals surface area contributed by atoms with Crippen molar-refractivity contribution in [3.05, 3.63) is 75.1 Å². The maximum Gasteiger partial charge on any atom is 0.270 e. The average molecular weight is 359 g/mol. The van der Waals surface area contributed by atoms with Gasteiger partial charge in [0, 0.05) is 23.3 Å². The molecular weight excluding hydrogens is 348 g/mol. The Morgan fingerprint density at radius 3 is 2.80 bits per heavy atom. The van der Waals surface area contributed by atoms with Crippen molar-refractivity contribution >= 4 is 23.2 Å². The predicted octanol–water partition coefficient (Wildman–Crippen LogP) is 3.23. The van der Waals surface area contributed by atoms with Gasteiger partial charge in [-0.15, -0.1) is 0 Å². The first-order chi connectivity index (χ1) is 12.0. The van der Waals surface area contributed by atoms with Crippen LogP contribution in [-0.4, -0.2) is 21.0 Å². The zero-order valence-corrected chi connectivity index (χ0v) is 13.4. The van der Waals surface area contributed by atoms with E-state index in [1.165, 1.54) is 24.3 Å². The van der Waals surface area contributed by atoms with Crippen LogP contribution in [0.4, 0.5) is 5.69 Å². The predicted molar refractivity (Wildman–Crippen MR) is 89.0 cm³/mol. The first kappa shape index (κ1) is 16.6. The lowest BCUT2D eigenvalue weighted by Gasteiger charge is -2.02. The Bertz CT molecular complexity index is 941. The van der Waals surface area contributed by atoms with Gasteiger partial charge in [-0.3, -0.25) is 14.9 Å². The number of carbonyl (C=O) groups is 1. The first-order valence-corrected chi connectivity index (χ1v) is 7.52. The van der Waals surface area contributed by atoms with Gasteiger partial charge in [0.25, 0.3) is 11.6 Å². The van der Waals surface area contributed by atoms with Crippen LogP contribution in [0.1, 0.15) is 16.2 Å². The van der Waals surface area contributed by atoms with Gasteiger partial charge in [-0.1, -0.05) is 35.0 Å². The molecule has 0 aliphatic carbocycles. The molecule has 3 rings (SSSR count). The number of aromatic nitrogens is 2. The third kappa shape index (κ3) is 3.81. The van der Waals surface area contributed by atoms with E-state index in [2.05, 4.69) is 15.5 Å². The lowest BCUT2D eigenvalue weighted by Crippen LogP contribution is -2.23. The number of hydrogen-bond acceptors (Lipinski definition) is 6. The molecule has 0 bridgehead atoms. The van der Waals surface area contributed by atoms with E-state index >= 15 is 0 Å². The van der Waals surface area contributed by atoms with Crippen molar-refractivity contribution < 1.29 is 14.2 Å². The van der Waals surface area contributed by atoms with Gasteiger partial charge in [0.15, 0.2) is 0 Å². The van der Waals surface area contributed by atoms with Crippen molar-refractivity contribution in [1.29, 1.82) is 0 Å². The summed E-state index contributed by atoms with van der Waals surface area (Å²) < 4.78 is 5.08. The number of nitrogens with one attached hydrogen (secondary N) is 1. The Balaban J connectivity index is 1.68. The summed E-state index contributed by atoms with van der Waals surface area (Å²) in [6, 6.07) is 12.5. The van der Waals surface area contributed by atoms with Gasteiger partial charge in [0.2, 0.25) is 11.7 Å². The molecule has 0 fully saturated rings. The largest absolute Gasteiger partial charge is 0.343 e. The van der Waals surface area contributed by atoms with Crippen molar-refractivity contribution in [2.75, 3.05) is 0 Å². The lowest BCUT2D eigenvalue weighted by atomic mass is 10.2. The second-order valence-electron chi connectivity index (χ2n) is 4.98. The molecule has 1 amide bonds. The Kier molecular flexibility index (Phi) is 4.71. The van der Waals surface area contributed by atoms with Gasteiger partial charge < -0.3 is 9.84 Å². The van der Waals surface area contributed by atoms with Crippen LogP contribution in [-0.2, 0) is 6.54 Å². The molecule has 1 aromatic heterocycles. The van der Waals surface area contributed by atoms with Gasteiger partial charge in [0.05, 0.1) is 16.5 Å². The molecule has 2 aromatic carbocycles. The van der Waals surface area contributed by atoms with Crippen LogP contribution in [0.3, 0.4) is 0 Å². The summed E-state index contributed by atoms with van der Waals surface area (Å²) >= 11 is 6.07. The first-order valence-electron chi connectivity index (χ1n) is 7.15. The van der Waals surface area contributed by atoms with Crippen molar-refractivity contribution in [1.82, 2.24) is 15.5 Å². The number of carbonyl (C=O) groups excluding carboxylic acids is 1. The van der Waals surface area contributed by atoms with Gasteiger partial charge in [-0.25, -0.2) is 0 Å². The monoisotopic (exact) mass is 358 g/mol.